The van der Waals surface area contributed by atoms with Crippen LogP contribution in [0.15, 0.2) is 24.3 Å². The van der Waals surface area contributed by atoms with Gasteiger partial charge >= 0.3 is 0 Å². The van der Waals surface area contributed by atoms with Gasteiger partial charge in [-0.15, -0.1) is 0 Å². The molecule has 0 aliphatic heterocycles. The first-order chi connectivity index (χ1) is 7.83. The van der Waals surface area contributed by atoms with E-state index in [4.69, 9.17) is 0 Å². The minimum Gasteiger partial charge on any atom is -0.0625 e. The molecule has 0 spiro atoms. The van der Waals surface area contributed by atoms with Gasteiger partial charge in [-0.05, 0) is 54.6 Å². The highest BCUT2D eigenvalue weighted by Crippen LogP contribution is 2.40. The van der Waals surface area contributed by atoms with Gasteiger partial charge in [-0.2, -0.15) is 0 Å². The van der Waals surface area contributed by atoms with Gasteiger partial charge in [0, 0.05) is 0 Å². The SMILES string of the molecule is CC1CCCC2Cc3ccccc3CC2C1. The first-order valence-corrected chi connectivity index (χ1v) is 6.89. The average Bonchev–Trinajstić information content (AvgIpc) is 2.46. The topological polar surface area (TPSA) is 0 Å². The minimum atomic E-state index is 0.959. The van der Waals surface area contributed by atoms with Crippen molar-refractivity contribution in [3.63, 3.8) is 0 Å². The van der Waals surface area contributed by atoms with Gasteiger partial charge < -0.3 is 0 Å². The van der Waals surface area contributed by atoms with Crippen molar-refractivity contribution in [3.8, 4) is 0 Å². The van der Waals surface area contributed by atoms with E-state index in [0.717, 1.165) is 17.8 Å². The molecule has 1 aromatic carbocycles. The third-order valence-corrected chi connectivity index (χ3v) is 4.73. The number of hydrogen-bond acceptors (Lipinski definition) is 0. The zero-order valence-electron chi connectivity index (χ0n) is 10.3. The van der Waals surface area contributed by atoms with Gasteiger partial charge in [0.15, 0.2) is 0 Å². The molecule has 0 N–H and O–H groups in total. The quantitative estimate of drug-likeness (QED) is 0.606. The van der Waals surface area contributed by atoms with Crippen molar-refractivity contribution in [2.24, 2.45) is 17.8 Å². The molecule has 3 unspecified atom stereocenters. The summed E-state index contributed by atoms with van der Waals surface area (Å²) < 4.78 is 0. The van der Waals surface area contributed by atoms with Crippen LogP contribution in [0.5, 0.6) is 0 Å². The van der Waals surface area contributed by atoms with E-state index in [1.807, 2.05) is 0 Å². The Morgan fingerprint density at radius 1 is 0.938 bits per heavy atom. The number of rotatable bonds is 0. The van der Waals surface area contributed by atoms with E-state index in [2.05, 4.69) is 31.2 Å². The number of hydrogen-bond donors (Lipinski definition) is 0. The zero-order chi connectivity index (χ0) is 11.0. The molecule has 1 aromatic rings. The fourth-order valence-electron chi connectivity index (χ4n) is 3.83. The molecule has 1 saturated carbocycles. The zero-order valence-corrected chi connectivity index (χ0v) is 10.3. The van der Waals surface area contributed by atoms with Gasteiger partial charge in [0.05, 0.1) is 0 Å². The Hall–Kier alpha value is -0.780. The highest BCUT2D eigenvalue weighted by atomic mass is 14.4. The maximum absolute atomic E-state index is 2.45. The fraction of sp³-hybridized carbons (Fsp3) is 0.625. The molecule has 0 radical (unpaired) electrons. The van der Waals surface area contributed by atoms with Crippen LogP contribution in [0.4, 0.5) is 0 Å². The van der Waals surface area contributed by atoms with Crippen molar-refractivity contribution in [3.05, 3.63) is 35.4 Å². The van der Waals surface area contributed by atoms with Crippen LogP contribution in [0.3, 0.4) is 0 Å². The highest BCUT2D eigenvalue weighted by Gasteiger charge is 2.30. The van der Waals surface area contributed by atoms with Crippen LogP contribution >= 0.6 is 0 Å². The van der Waals surface area contributed by atoms with Gasteiger partial charge in [0.25, 0.3) is 0 Å². The lowest BCUT2D eigenvalue weighted by Crippen LogP contribution is -2.25. The molecule has 3 atom stereocenters. The normalized spacial score (nSPS) is 33.7. The minimum absolute atomic E-state index is 0.959. The number of fused-ring (bicyclic) bond motifs is 2. The molecule has 16 heavy (non-hydrogen) atoms. The molecule has 0 saturated heterocycles. The summed E-state index contributed by atoms with van der Waals surface area (Å²) >= 11 is 0. The van der Waals surface area contributed by atoms with Crippen molar-refractivity contribution in [1.29, 1.82) is 0 Å². The van der Waals surface area contributed by atoms with Crippen LogP contribution in [0.25, 0.3) is 0 Å². The van der Waals surface area contributed by atoms with E-state index < -0.39 is 0 Å². The van der Waals surface area contributed by atoms with Crippen molar-refractivity contribution in [2.45, 2.75) is 45.4 Å². The molecule has 2 aliphatic carbocycles. The average molecular weight is 214 g/mol. The summed E-state index contributed by atoms with van der Waals surface area (Å²) in [4.78, 5) is 0. The smallest absolute Gasteiger partial charge is 0.0245 e. The Labute approximate surface area is 99.1 Å². The lowest BCUT2D eigenvalue weighted by molar-refractivity contribution is 0.273. The Bertz CT molecular complexity index is 366. The summed E-state index contributed by atoms with van der Waals surface area (Å²) in [6, 6.07) is 9.11. The summed E-state index contributed by atoms with van der Waals surface area (Å²) in [5.74, 6) is 2.92. The van der Waals surface area contributed by atoms with Crippen LogP contribution in [0.1, 0.15) is 43.7 Å². The summed E-state index contributed by atoms with van der Waals surface area (Å²) in [5.41, 5.74) is 3.27. The van der Waals surface area contributed by atoms with E-state index in [1.165, 1.54) is 38.5 Å². The largest absolute Gasteiger partial charge is 0.0625 e. The van der Waals surface area contributed by atoms with E-state index in [9.17, 15) is 0 Å². The highest BCUT2D eigenvalue weighted by molar-refractivity contribution is 5.30. The second-order valence-corrected chi connectivity index (χ2v) is 5.97. The predicted molar refractivity (Wildman–Crippen MR) is 68.5 cm³/mol. The van der Waals surface area contributed by atoms with Crippen molar-refractivity contribution in [2.75, 3.05) is 0 Å². The van der Waals surface area contributed by atoms with Gasteiger partial charge in [-0.25, -0.2) is 0 Å². The molecule has 0 heteroatoms. The maximum Gasteiger partial charge on any atom is -0.0245 e. The van der Waals surface area contributed by atoms with E-state index >= 15 is 0 Å². The Balaban J connectivity index is 1.86. The maximum atomic E-state index is 2.45. The van der Waals surface area contributed by atoms with Crippen LogP contribution in [0, 0.1) is 17.8 Å². The Morgan fingerprint density at radius 3 is 2.38 bits per heavy atom. The molecule has 0 bridgehead atoms. The van der Waals surface area contributed by atoms with Gasteiger partial charge in [-0.3, -0.25) is 0 Å². The van der Waals surface area contributed by atoms with E-state index in [1.54, 1.807) is 11.1 Å². The van der Waals surface area contributed by atoms with Crippen molar-refractivity contribution >= 4 is 0 Å². The Morgan fingerprint density at radius 2 is 1.62 bits per heavy atom. The van der Waals surface area contributed by atoms with Gasteiger partial charge in [0.1, 0.15) is 0 Å². The van der Waals surface area contributed by atoms with Gasteiger partial charge in [-0.1, -0.05) is 44.0 Å². The second kappa shape index (κ2) is 4.24. The molecule has 1 fully saturated rings. The van der Waals surface area contributed by atoms with Crippen LogP contribution in [0.2, 0.25) is 0 Å². The molecule has 0 nitrogen and oxygen atoms in total. The molecular weight excluding hydrogens is 192 g/mol. The second-order valence-electron chi connectivity index (χ2n) is 5.97. The lowest BCUT2D eigenvalue weighted by atomic mass is 9.73. The third-order valence-electron chi connectivity index (χ3n) is 4.73. The standard InChI is InChI=1S/C16H22/c1-12-5-4-8-15-10-13-6-2-3-7-14(13)11-16(15)9-12/h2-3,6-7,12,15-16H,4-5,8-11H2,1H3. The Kier molecular flexibility index (Phi) is 2.75. The summed E-state index contributed by atoms with van der Waals surface area (Å²) in [7, 11) is 0. The van der Waals surface area contributed by atoms with Crippen LogP contribution in [-0.4, -0.2) is 0 Å². The molecule has 0 amide bonds. The monoisotopic (exact) mass is 214 g/mol. The first-order valence-electron chi connectivity index (χ1n) is 6.89. The first kappa shape index (κ1) is 10.4. The van der Waals surface area contributed by atoms with Crippen LogP contribution < -0.4 is 0 Å². The van der Waals surface area contributed by atoms with Gasteiger partial charge in [0.2, 0.25) is 0 Å². The molecule has 0 aromatic heterocycles. The van der Waals surface area contributed by atoms with Crippen molar-refractivity contribution < 1.29 is 0 Å². The lowest BCUT2D eigenvalue weighted by Gasteiger charge is -2.32. The molecule has 0 heterocycles. The van der Waals surface area contributed by atoms with Crippen LogP contribution in [-0.2, 0) is 12.8 Å². The summed E-state index contributed by atoms with van der Waals surface area (Å²) in [5, 5.41) is 0. The molecule has 86 valence electrons. The summed E-state index contributed by atoms with van der Waals surface area (Å²) in [6.07, 6.45) is 8.58. The summed E-state index contributed by atoms with van der Waals surface area (Å²) in [6.45, 7) is 2.45. The molecule has 3 rings (SSSR count). The third kappa shape index (κ3) is 1.90. The number of benzene rings is 1. The fourth-order valence-corrected chi connectivity index (χ4v) is 3.83. The molecular formula is C16H22. The van der Waals surface area contributed by atoms with Crippen molar-refractivity contribution in [1.82, 2.24) is 0 Å². The van der Waals surface area contributed by atoms with E-state index in [-0.39, 0.29) is 0 Å². The van der Waals surface area contributed by atoms with E-state index in [0.29, 0.717) is 0 Å². The predicted octanol–water partition coefficient (Wildman–Crippen LogP) is 4.23. The molecule has 2 aliphatic rings.